The van der Waals surface area contributed by atoms with E-state index < -0.39 is 11.5 Å². The van der Waals surface area contributed by atoms with E-state index in [2.05, 4.69) is 26.6 Å². The maximum absolute atomic E-state index is 12.9. The molecule has 156 valence electrons. The summed E-state index contributed by atoms with van der Waals surface area (Å²) < 4.78 is 6.56. The molecule has 0 aromatic heterocycles. The Morgan fingerprint density at radius 2 is 1.50 bits per heavy atom. The third kappa shape index (κ3) is 4.41. The number of carbonyl (C=O) groups is 3. The summed E-state index contributed by atoms with van der Waals surface area (Å²) in [4.78, 5) is 37.2. The summed E-state index contributed by atoms with van der Waals surface area (Å²) in [7, 11) is 0. The number of amides is 2. The van der Waals surface area contributed by atoms with Gasteiger partial charge >= 0.3 is 5.97 Å². The van der Waals surface area contributed by atoms with Crippen LogP contribution in [0.2, 0.25) is 0 Å². The summed E-state index contributed by atoms with van der Waals surface area (Å²) in [5, 5.41) is 5.72. The Morgan fingerprint density at radius 1 is 0.900 bits per heavy atom. The Bertz CT molecular complexity index is 950. The summed E-state index contributed by atoms with van der Waals surface area (Å²) in [6, 6.07) is 14.0. The van der Waals surface area contributed by atoms with Crippen LogP contribution >= 0.6 is 15.9 Å². The van der Waals surface area contributed by atoms with E-state index in [-0.39, 0.29) is 24.2 Å². The average molecular weight is 471 g/mol. The lowest BCUT2D eigenvalue weighted by atomic mass is 9.75. The van der Waals surface area contributed by atoms with Crippen molar-refractivity contribution in [1.29, 1.82) is 0 Å². The Labute approximate surface area is 183 Å². The summed E-state index contributed by atoms with van der Waals surface area (Å²) in [5.74, 6) is -1.19. The second-order valence-electron chi connectivity index (χ2n) is 7.88. The normalized spacial score (nSPS) is 19.9. The number of nitrogens with one attached hydrogen (secondary N) is 2. The molecule has 2 amide bonds. The second-order valence-corrected chi connectivity index (χ2v) is 8.80. The minimum absolute atomic E-state index is 0.125. The Hall–Kier alpha value is -2.67. The number of anilines is 2. The number of hydrogen-bond donors (Lipinski definition) is 2. The standard InChI is InChI=1S/C23H23BrN2O4/c24-16-6-10-18(11-7-16)25-21(28)15-4-8-17(9-5-15)26-22(29)19-14-20(27)30-23(19)12-2-1-3-13-23/h4-11,19H,1-3,12-14H2,(H,25,28)(H,26,29)/t19-/m0/s1. The van der Waals surface area contributed by atoms with Crippen molar-refractivity contribution in [3.8, 4) is 0 Å². The molecule has 4 rings (SSSR count). The molecular weight excluding hydrogens is 448 g/mol. The number of ether oxygens (including phenoxy) is 1. The van der Waals surface area contributed by atoms with Gasteiger partial charge in [0.1, 0.15) is 5.60 Å². The van der Waals surface area contributed by atoms with Gasteiger partial charge in [0.15, 0.2) is 0 Å². The molecule has 1 saturated heterocycles. The first-order valence-electron chi connectivity index (χ1n) is 10.1. The predicted octanol–water partition coefficient (Wildman–Crippen LogP) is 4.91. The van der Waals surface area contributed by atoms with Crippen LogP contribution in [0.15, 0.2) is 53.0 Å². The Morgan fingerprint density at radius 3 is 2.17 bits per heavy atom. The third-order valence-electron chi connectivity index (χ3n) is 5.86. The van der Waals surface area contributed by atoms with Gasteiger partial charge in [-0.15, -0.1) is 0 Å². The van der Waals surface area contributed by atoms with Crippen LogP contribution in [0, 0.1) is 5.92 Å². The molecule has 7 heteroatoms. The lowest BCUT2D eigenvalue weighted by molar-refractivity contribution is -0.153. The number of benzene rings is 2. The van der Waals surface area contributed by atoms with Crippen LogP contribution in [0.25, 0.3) is 0 Å². The van der Waals surface area contributed by atoms with E-state index in [0.29, 0.717) is 16.9 Å². The summed E-state index contributed by atoms with van der Waals surface area (Å²) >= 11 is 3.36. The van der Waals surface area contributed by atoms with E-state index in [4.69, 9.17) is 4.74 Å². The van der Waals surface area contributed by atoms with Crippen LogP contribution in [0.5, 0.6) is 0 Å². The van der Waals surface area contributed by atoms with E-state index in [9.17, 15) is 14.4 Å². The minimum Gasteiger partial charge on any atom is -0.458 e. The van der Waals surface area contributed by atoms with Gasteiger partial charge in [-0.2, -0.15) is 0 Å². The van der Waals surface area contributed by atoms with Crippen molar-refractivity contribution < 1.29 is 19.1 Å². The highest BCUT2D eigenvalue weighted by molar-refractivity contribution is 9.10. The van der Waals surface area contributed by atoms with Crippen molar-refractivity contribution in [3.05, 3.63) is 58.6 Å². The van der Waals surface area contributed by atoms with Crippen LogP contribution in [-0.4, -0.2) is 23.4 Å². The van der Waals surface area contributed by atoms with Crippen molar-refractivity contribution in [2.45, 2.75) is 44.1 Å². The number of esters is 1. The zero-order valence-corrected chi connectivity index (χ0v) is 18.0. The minimum atomic E-state index is -0.649. The fourth-order valence-electron chi connectivity index (χ4n) is 4.30. The molecule has 1 spiro atoms. The van der Waals surface area contributed by atoms with Crippen molar-refractivity contribution in [3.63, 3.8) is 0 Å². The Kier molecular flexibility index (Phi) is 5.90. The molecule has 1 aliphatic heterocycles. The van der Waals surface area contributed by atoms with E-state index in [1.54, 1.807) is 24.3 Å². The number of hydrogen-bond acceptors (Lipinski definition) is 4. The van der Waals surface area contributed by atoms with E-state index in [1.165, 1.54) is 0 Å². The van der Waals surface area contributed by atoms with Crippen LogP contribution in [0.3, 0.4) is 0 Å². The average Bonchev–Trinajstić information content (AvgIpc) is 3.06. The van der Waals surface area contributed by atoms with Crippen LogP contribution in [-0.2, 0) is 14.3 Å². The first kappa shape index (κ1) is 20.6. The molecule has 2 aromatic carbocycles. The maximum atomic E-state index is 12.9. The molecule has 2 aromatic rings. The van der Waals surface area contributed by atoms with Gasteiger partial charge in [0, 0.05) is 21.4 Å². The van der Waals surface area contributed by atoms with Gasteiger partial charge in [-0.1, -0.05) is 22.4 Å². The highest BCUT2D eigenvalue weighted by atomic mass is 79.9. The molecular formula is C23H23BrN2O4. The third-order valence-corrected chi connectivity index (χ3v) is 6.38. The monoisotopic (exact) mass is 470 g/mol. The fraction of sp³-hybridized carbons (Fsp3) is 0.348. The molecule has 1 aliphatic carbocycles. The molecule has 0 radical (unpaired) electrons. The van der Waals surface area contributed by atoms with E-state index >= 15 is 0 Å². The molecule has 30 heavy (non-hydrogen) atoms. The zero-order chi connectivity index (χ0) is 21.1. The quantitative estimate of drug-likeness (QED) is 0.621. The Balaban J connectivity index is 1.40. The van der Waals surface area contributed by atoms with Crippen molar-refractivity contribution in [2.24, 2.45) is 5.92 Å². The SMILES string of the molecule is O=C1C[C@@H](C(=O)Nc2ccc(C(=O)Nc3ccc(Br)cc3)cc2)C2(CCCCC2)O1. The lowest BCUT2D eigenvalue weighted by Gasteiger charge is -2.36. The lowest BCUT2D eigenvalue weighted by Crippen LogP contribution is -2.43. The summed E-state index contributed by atoms with van der Waals surface area (Å²) in [6.45, 7) is 0. The topological polar surface area (TPSA) is 84.5 Å². The summed E-state index contributed by atoms with van der Waals surface area (Å²) in [5.41, 5.74) is 1.12. The van der Waals surface area contributed by atoms with Crippen LogP contribution in [0.1, 0.15) is 48.9 Å². The van der Waals surface area contributed by atoms with Crippen molar-refractivity contribution >= 4 is 45.1 Å². The predicted molar refractivity (Wildman–Crippen MR) is 117 cm³/mol. The highest BCUT2D eigenvalue weighted by Gasteiger charge is 2.52. The maximum Gasteiger partial charge on any atom is 0.307 e. The van der Waals surface area contributed by atoms with Crippen LogP contribution < -0.4 is 10.6 Å². The van der Waals surface area contributed by atoms with Gasteiger partial charge in [-0.05, 0) is 74.2 Å². The second kappa shape index (κ2) is 8.60. The fourth-order valence-corrected chi connectivity index (χ4v) is 4.56. The van der Waals surface area contributed by atoms with Gasteiger partial charge < -0.3 is 15.4 Å². The first-order valence-corrected chi connectivity index (χ1v) is 10.9. The molecule has 1 atom stereocenters. The number of carbonyl (C=O) groups excluding carboxylic acids is 3. The molecule has 1 saturated carbocycles. The number of halogens is 1. The van der Waals surface area contributed by atoms with Crippen molar-refractivity contribution in [2.75, 3.05) is 10.6 Å². The smallest absolute Gasteiger partial charge is 0.307 e. The van der Waals surface area contributed by atoms with Gasteiger partial charge in [0.05, 0.1) is 12.3 Å². The van der Waals surface area contributed by atoms with Crippen molar-refractivity contribution in [1.82, 2.24) is 0 Å². The largest absolute Gasteiger partial charge is 0.458 e. The van der Waals surface area contributed by atoms with Gasteiger partial charge in [-0.25, -0.2) is 0 Å². The molecule has 1 heterocycles. The first-order chi connectivity index (χ1) is 14.4. The molecule has 0 unspecified atom stereocenters. The highest BCUT2D eigenvalue weighted by Crippen LogP contribution is 2.44. The molecule has 2 fully saturated rings. The van der Waals surface area contributed by atoms with Gasteiger partial charge in [-0.3, -0.25) is 14.4 Å². The molecule has 2 N–H and O–H groups in total. The molecule has 2 aliphatic rings. The zero-order valence-electron chi connectivity index (χ0n) is 16.4. The number of rotatable bonds is 4. The van der Waals surface area contributed by atoms with E-state index in [0.717, 1.165) is 36.6 Å². The van der Waals surface area contributed by atoms with E-state index in [1.807, 2.05) is 24.3 Å². The van der Waals surface area contributed by atoms with Gasteiger partial charge in [0.25, 0.3) is 5.91 Å². The van der Waals surface area contributed by atoms with Crippen LogP contribution in [0.4, 0.5) is 11.4 Å². The molecule has 6 nitrogen and oxygen atoms in total. The summed E-state index contributed by atoms with van der Waals surface area (Å²) in [6.07, 6.45) is 4.66. The molecule has 0 bridgehead atoms. The van der Waals surface area contributed by atoms with Gasteiger partial charge in [0.2, 0.25) is 5.91 Å².